The molecule has 0 saturated heterocycles. The molecule has 2 amide bonds. The van der Waals surface area contributed by atoms with Gasteiger partial charge < -0.3 is 9.47 Å². The highest BCUT2D eigenvalue weighted by Gasteiger charge is 2.40. The van der Waals surface area contributed by atoms with Crippen LogP contribution in [-0.2, 0) is 0 Å². The smallest absolute Gasteiger partial charge is 0.270 e. The number of carbonyl (C=O) groups excluding carboxylic acids is 2. The number of hydrogen-bond acceptors (Lipinski definition) is 4. The van der Waals surface area contributed by atoms with E-state index in [0.717, 1.165) is 8.47 Å². The van der Waals surface area contributed by atoms with E-state index in [1.54, 1.807) is 24.3 Å². The van der Waals surface area contributed by atoms with Crippen molar-refractivity contribution in [2.24, 2.45) is 0 Å². The van der Waals surface area contributed by atoms with E-state index in [1.165, 1.54) is 14.2 Å². The minimum atomic E-state index is -0.406. The average molecular weight is 409 g/mol. The van der Waals surface area contributed by atoms with E-state index in [0.29, 0.717) is 17.0 Å². The molecule has 0 unspecified atom stereocenters. The topological polar surface area (TPSA) is 55.8 Å². The first-order valence-electron chi connectivity index (χ1n) is 6.47. The van der Waals surface area contributed by atoms with Crippen molar-refractivity contribution in [2.75, 3.05) is 19.1 Å². The number of halogens is 1. The number of hydrogen-bond donors (Lipinski definition) is 0. The Bertz CT molecular complexity index is 770. The lowest BCUT2D eigenvalue weighted by Crippen LogP contribution is -2.29. The minimum Gasteiger partial charge on any atom is -0.493 e. The number of carbonyl (C=O) groups is 2. The Hall–Kier alpha value is -2.09. The van der Waals surface area contributed by atoms with Gasteiger partial charge in [0.1, 0.15) is 0 Å². The van der Waals surface area contributed by atoms with E-state index in [4.69, 9.17) is 9.47 Å². The van der Waals surface area contributed by atoms with Crippen LogP contribution in [0.1, 0.15) is 20.7 Å². The zero-order valence-electron chi connectivity index (χ0n) is 11.9. The van der Waals surface area contributed by atoms with Crippen LogP contribution in [0.5, 0.6) is 11.5 Å². The molecule has 0 N–H and O–H groups in total. The van der Waals surface area contributed by atoms with Crippen molar-refractivity contribution in [3.63, 3.8) is 0 Å². The summed E-state index contributed by atoms with van der Waals surface area (Å²) in [6.07, 6.45) is 0. The van der Waals surface area contributed by atoms with Crippen molar-refractivity contribution in [1.29, 1.82) is 0 Å². The average Bonchev–Trinajstić information content (AvgIpc) is 2.79. The molecular weight excluding hydrogens is 397 g/mol. The third-order valence-corrected chi connectivity index (χ3v) is 4.20. The number of amides is 2. The fraction of sp³-hybridized carbons (Fsp3) is 0.125. The maximum atomic E-state index is 12.7. The van der Waals surface area contributed by atoms with Gasteiger partial charge in [0.15, 0.2) is 11.5 Å². The highest BCUT2D eigenvalue weighted by Crippen LogP contribution is 2.39. The lowest BCUT2D eigenvalue weighted by Gasteiger charge is -2.14. The second-order valence-electron chi connectivity index (χ2n) is 4.65. The SMILES string of the molecule is COc1ccc2c(c1OC)C(=O)N(c1ccc(I)cc1)C2=O. The molecule has 0 atom stereocenters. The Labute approximate surface area is 141 Å². The number of ether oxygens (including phenoxy) is 2. The van der Waals surface area contributed by atoms with Gasteiger partial charge in [0.25, 0.3) is 11.8 Å². The molecule has 0 radical (unpaired) electrons. The van der Waals surface area contributed by atoms with Crippen molar-refractivity contribution < 1.29 is 19.1 Å². The first kappa shape index (κ1) is 14.8. The molecule has 0 bridgehead atoms. The Kier molecular flexibility index (Phi) is 3.78. The predicted octanol–water partition coefficient (Wildman–Crippen LogP) is 3.11. The molecule has 5 nitrogen and oxygen atoms in total. The number of nitrogens with zero attached hydrogens (tertiary/aromatic N) is 1. The van der Waals surface area contributed by atoms with E-state index in [2.05, 4.69) is 22.6 Å². The molecule has 0 spiro atoms. The van der Waals surface area contributed by atoms with Gasteiger partial charge >= 0.3 is 0 Å². The Morgan fingerprint density at radius 2 is 1.59 bits per heavy atom. The molecule has 0 saturated carbocycles. The fourth-order valence-electron chi connectivity index (χ4n) is 2.47. The number of imide groups is 1. The number of anilines is 1. The second-order valence-corrected chi connectivity index (χ2v) is 5.89. The van der Waals surface area contributed by atoms with Crippen molar-refractivity contribution >= 4 is 40.1 Å². The highest BCUT2D eigenvalue weighted by molar-refractivity contribution is 14.1. The van der Waals surface area contributed by atoms with E-state index < -0.39 is 5.91 Å². The molecule has 2 aromatic rings. The van der Waals surface area contributed by atoms with Crippen LogP contribution in [0.15, 0.2) is 36.4 Å². The van der Waals surface area contributed by atoms with Crippen molar-refractivity contribution in [3.05, 3.63) is 51.1 Å². The zero-order chi connectivity index (χ0) is 15.9. The van der Waals surface area contributed by atoms with Gasteiger partial charge in [-0.1, -0.05) is 0 Å². The summed E-state index contributed by atoms with van der Waals surface area (Å²) in [5, 5.41) is 0. The summed E-state index contributed by atoms with van der Waals surface area (Å²) in [5.41, 5.74) is 1.10. The first-order chi connectivity index (χ1) is 10.6. The lowest BCUT2D eigenvalue weighted by molar-refractivity contribution is 0.0925. The molecule has 0 fully saturated rings. The van der Waals surface area contributed by atoms with Gasteiger partial charge in [-0.3, -0.25) is 9.59 Å². The Morgan fingerprint density at radius 3 is 2.18 bits per heavy atom. The second kappa shape index (κ2) is 5.60. The molecule has 6 heteroatoms. The fourth-order valence-corrected chi connectivity index (χ4v) is 2.83. The minimum absolute atomic E-state index is 0.241. The number of rotatable bonds is 3. The van der Waals surface area contributed by atoms with Gasteiger partial charge in [-0.25, -0.2) is 4.90 Å². The van der Waals surface area contributed by atoms with Gasteiger partial charge in [0.05, 0.1) is 31.0 Å². The highest BCUT2D eigenvalue weighted by atomic mass is 127. The molecule has 0 aliphatic carbocycles. The molecule has 1 heterocycles. The van der Waals surface area contributed by atoms with Crippen LogP contribution < -0.4 is 14.4 Å². The van der Waals surface area contributed by atoms with Gasteiger partial charge in [0, 0.05) is 3.57 Å². The van der Waals surface area contributed by atoms with Crippen LogP contribution in [0.4, 0.5) is 5.69 Å². The molecule has 1 aliphatic rings. The Morgan fingerprint density at radius 1 is 0.909 bits per heavy atom. The Balaban J connectivity index is 2.14. The normalized spacial score (nSPS) is 13.3. The lowest BCUT2D eigenvalue weighted by atomic mass is 10.1. The van der Waals surface area contributed by atoms with E-state index >= 15 is 0 Å². The number of methoxy groups -OCH3 is 2. The summed E-state index contributed by atoms with van der Waals surface area (Å²) >= 11 is 2.17. The molecule has 22 heavy (non-hydrogen) atoms. The van der Waals surface area contributed by atoms with Crippen molar-refractivity contribution in [3.8, 4) is 11.5 Å². The van der Waals surface area contributed by atoms with Gasteiger partial charge in [-0.2, -0.15) is 0 Å². The van der Waals surface area contributed by atoms with E-state index in [-0.39, 0.29) is 17.2 Å². The van der Waals surface area contributed by atoms with Crippen molar-refractivity contribution in [2.45, 2.75) is 0 Å². The third kappa shape index (κ3) is 2.14. The largest absolute Gasteiger partial charge is 0.493 e. The summed E-state index contributed by atoms with van der Waals surface area (Å²) in [6, 6.07) is 10.4. The van der Waals surface area contributed by atoms with Crippen molar-refractivity contribution in [1.82, 2.24) is 0 Å². The van der Waals surface area contributed by atoms with Crippen LogP contribution in [0.2, 0.25) is 0 Å². The van der Waals surface area contributed by atoms with E-state index in [9.17, 15) is 9.59 Å². The van der Waals surface area contributed by atoms with Crippen LogP contribution in [0.3, 0.4) is 0 Å². The number of fused-ring (bicyclic) bond motifs is 1. The van der Waals surface area contributed by atoms with Crippen LogP contribution in [0.25, 0.3) is 0 Å². The standard InChI is InChI=1S/C16H12INO4/c1-21-12-8-7-11-13(14(12)22-2)16(20)18(15(11)19)10-5-3-9(17)4-6-10/h3-8H,1-2H3. The quantitative estimate of drug-likeness (QED) is 0.578. The van der Waals surface area contributed by atoms with Crippen LogP contribution >= 0.6 is 22.6 Å². The predicted molar refractivity (Wildman–Crippen MR) is 89.8 cm³/mol. The maximum absolute atomic E-state index is 12.7. The zero-order valence-corrected chi connectivity index (χ0v) is 14.1. The van der Waals surface area contributed by atoms with E-state index in [1.807, 2.05) is 12.1 Å². The van der Waals surface area contributed by atoms with Crippen LogP contribution in [0, 0.1) is 3.57 Å². The molecule has 112 valence electrons. The molecule has 1 aliphatic heterocycles. The van der Waals surface area contributed by atoms with Gasteiger partial charge in [-0.15, -0.1) is 0 Å². The summed E-state index contributed by atoms with van der Waals surface area (Å²) in [6.45, 7) is 0. The van der Waals surface area contributed by atoms with Gasteiger partial charge in [0.2, 0.25) is 0 Å². The summed E-state index contributed by atoms with van der Waals surface area (Å²) in [4.78, 5) is 26.4. The molecule has 2 aromatic carbocycles. The summed E-state index contributed by atoms with van der Waals surface area (Å²) < 4.78 is 11.5. The van der Waals surface area contributed by atoms with Gasteiger partial charge in [-0.05, 0) is 59.0 Å². The summed E-state index contributed by atoms with van der Waals surface area (Å²) in [7, 11) is 2.94. The molecule has 3 rings (SSSR count). The summed E-state index contributed by atoms with van der Waals surface area (Å²) in [5.74, 6) is -0.0580. The molecule has 0 aromatic heterocycles. The van der Waals surface area contributed by atoms with Crippen LogP contribution in [-0.4, -0.2) is 26.0 Å². The first-order valence-corrected chi connectivity index (χ1v) is 7.55. The maximum Gasteiger partial charge on any atom is 0.270 e. The molecular formula is C16H12INO4. The number of benzene rings is 2. The third-order valence-electron chi connectivity index (χ3n) is 3.48. The monoisotopic (exact) mass is 409 g/mol.